The Labute approximate surface area is 76.1 Å². The molecule has 0 unspecified atom stereocenters. The van der Waals surface area contributed by atoms with Crippen molar-refractivity contribution in [3.8, 4) is 0 Å². The van der Waals surface area contributed by atoms with Crippen molar-refractivity contribution in [3.05, 3.63) is 0 Å². The van der Waals surface area contributed by atoms with Crippen LogP contribution < -0.4 is 5.73 Å². The van der Waals surface area contributed by atoms with E-state index in [-0.39, 0.29) is 0 Å². The van der Waals surface area contributed by atoms with Gasteiger partial charge >= 0.3 is 0 Å². The maximum Gasteiger partial charge on any atom is 0.0104 e. The molecule has 0 atom stereocenters. The predicted octanol–water partition coefficient (Wildman–Crippen LogP) is 1.60. The van der Waals surface area contributed by atoms with Crippen molar-refractivity contribution >= 4 is 0 Å². The zero-order valence-electron chi connectivity index (χ0n) is 8.26. The summed E-state index contributed by atoms with van der Waals surface area (Å²) >= 11 is 0. The zero-order valence-corrected chi connectivity index (χ0v) is 8.26. The van der Waals surface area contributed by atoms with E-state index in [1.807, 2.05) is 0 Å². The molecule has 0 bridgehead atoms. The van der Waals surface area contributed by atoms with Gasteiger partial charge in [-0.1, -0.05) is 25.7 Å². The largest absolute Gasteiger partial charge is 0.329 e. The number of rotatable bonds is 3. The fraction of sp³-hybridized carbons (Fsp3) is 1.00. The monoisotopic (exact) mass is 170 g/mol. The second kappa shape index (κ2) is 5.55. The van der Waals surface area contributed by atoms with E-state index in [4.69, 9.17) is 5.73 Å². The van der Waals surface area contributed by atoms with Crippen LogP contribution in [0.1, 0.15) is 38.5 Å². The Morgan fingerprint density at radius 1 is 1.17 bits per heavy atom. The fourth-order valence-electron chi connectivity index (χ4n) is 2.08. The van der Waals surface area contributed by atoms with Gasteiger partial charge in [0.25, 0.3) is 0 Å². The summed E-state index contributed by atoms with van der Waals surface area (Å²) < 4.78 is 0. The Morgan fingerprint density at radius 2 is 1.75 bits per heavy atom. The average molecular weight is 170 g/mol. The quantitative estimate of drug-likeness (QED) is 0.652. The Balaban J connectivity index is 2.27. The normalized spacial score (nSPS) is 21.2. The Kier molecular flexibility index (Phi) is 4.62. The van der Waals surface area contributed by atoms with Crippen LogP contribution in [0.5, 0.6) is 0 Å². The van der Waals surface area contributed by atoms with Crippen molar-refractivity contribution in [1.82, 2.24) is 4.90 Å². The van der Waals surface area contributed by atoms with Crippen LogP contribution in [0.3, 0.4) is 0 Å². The molecule has 1 rings (SSSR count). The first-order valence-corrected chi connectivity index (χ1v) is 5.25. The Hall–Kier alpha value is -0.0800. The third-order valence-electron chi connectivity index (χ3n) is 2.93. The Morgan fingerprint density at radius 3 is 2.25 bits per heavy atom. The van der Waals surface area contributed by atoms with E-state index in [1.165, 1.54) is 38.5 Å². The summed E-state index contributed by atoms with van der Waals surface area (Å²) in [5.74, 6) is 0. The molecule has 0 amide bonds. The molecule has 2 N–H and O–H groups in total. The summed E-state index contributed by atoms with van der Waals surface area (Å²) in [4.78, 5) is 2.44. The van der Waals surface area contributed by atoms with E-state index < -0.39 is 0 Å². The van der Waals surface area contributed by atoms with Crippen LogP contribution in [0, 0.1) is 0 Å². The van der Waals surface area contributed by atoms with Crippen molar-refractivity contribution in [3.63, 3.8) is 0 Å². The Bertz CT molecular complexity index is 106. The van der Waals surface area contributed by atoms with Gasteiger partial charge in [0, 0.05) is 19.1 Å². The molecular formula is C10H22N2. The first-order valence-electron chi connectivity index (χ1n) is 5.25. The van der Waals surface area contributed by atoms with E-state index in [0.717, 1.165) is 19.1 Å². The molecule has 1 aliphatic rings. The van der Waals surface area contributed by atoms with Gasteiger partial charge < -0.3 is 10.6 Å². The van der Waals surface area contributed by atoms with Gasteiger partial charge in [-0.2, -0.15) is 0 Å². The van der Waals surface area contributed by atoms with Crippen LogP contribution in [0.4, 0.5) is 0 Å². The lowest BCUT2D eigenvalue weighted by Crippen LogP contribution is -2.35. The molecule has 0 saturated heterocycles. The maximum absolute atomic E-state index is 5.53. The van der Waals surface area contributed by atoms with Crippen molar-refractivity contribution in [2.24, 2.45) is 5.73 Å². The summed E-state index contributed by atoms with van der Waals surface area (Å²) in [5.41, 5.74) is 5.53. The summed E-state index contributed by atoms with van der Waals surface area (Å²) in [6, 6.07) is 0.816. The van der Waals surface area contributed by atoms with Crippen LogP contribution >= 0.6 is 0 Å². The number of likely N-dealkylation sites (N-methyl/N-ethyl adjacent to an activating group) is 1. The number of nitrogens with two attached hydrogens (primary N) is 1. The molecule has 1 fully saturated rings. The maximum atomic E-state index is 5.53. The highest BCUT2D eigenvalue weighted by Crippen LogP contribution is 2.20. The fourth-order valence-corrected chi connectivity index (χ4v) is 2.08. The topological polar surface area (TPSA) is 29.3 Å². The van der Waals surface area contributed by atoms with Gasteiger partial charge in [-0.3, -0.25) is 0 Å². The lowest BCUT2D eigenvalue weighted by atomic mass is 10.1. The molecule has 1 aliphatic carbocycles. The molecular weight excluding hydrogens is 148 g/mol. The van der Waals surface area contributed by atoms with Gasteiger partial charge in [0.05, 0.1) is 0 Å². The van der Waals surface area contributed by atoms with Crippen LogP contribution in [-0.2, 0) is 0 Å². The van der Waals surface area contributed by atoms with Gasteiger partial charge in [0.1, 0.15) is 0 Å². The molecule has 2 nitrogen and oxygen atoms in total. The third kappa shape index (κ3) is 3.11. The van der Waals surface area contributed by atoms with Crippen molar-refractivity contribution in [2.75, 3.05) is 20.1 Å². The standard InChI is InChI=1S/C10H22N2/c1-12(9-8-11)10-6-4-2-3-5-7-10/h10H,2-9,11H2,1H3. The van der Waals surface area contributed by atoms with Gasteiger partial charge in [0.2, 0.25) is 0 Å². The van der Waals surface area contributed by atoms with E-state index >= 15 is 0 Å². The summed E-state index contributed by atoms with van der Waals surface area (Å²) in [7, 11) is 2.21. The summed E-state index contributed by atoms with van der Waals surface area (Å²) in [5, 5.41) is 0. The van der Waals surface area contributed by atoms with Crippen molar-refractivity contribution in [1.29, 1.82) is 0 Å². The minimum Gasteiger partial charge on any atom is -0.329 e. The molecule has 0 aromatic carbocycles. The van der Waals surface area contributed by atoms with E-state index in [9.17, 15) is 0 Å². The zero-order chi connectivity index (χ0) is 8.81. The van der Waals surface area contributed by atoms with Gasteiger partial charge in [0.15, 0.2) is 0 Å². The summed E-state index contributed by atoms with van der Waals surface area (Å²) in [6.45, 7) is 1.86. The first kappa shape index (κ1) is 10.0. The lowest BCUT2D eigenvalue weighted by Gasteiger charge is -2.26. The van der Waals surface area contributed by atoms with E-state index in [2.05, 4.69) is 11.9 Å². The predicted molar refractivity (Wildman–Crippen MR) is 53.2 cm³/mol. The molecule has 0 aliphatic heterocycles. The smallest absolute Gasteiger partial charge is 0.0104 e. The van der Waals surface area contributed by atoms with E-state index in [1.54, 1.807) is 0 Å². The van der Waals surface area contributed by atoms with Crippen molar-refractivity contribution in [2.45, 2.75) is 44.6 Å². The molecule has 0 heterocycles. The molecule has 1 saturated carbocycles. The molecule has 72 valence electrons. The second-order valence-corrected chi connectivity index (χ2v) is 3.91. The third-order valence-corrected chi connectivity index (χ3v) is 2.93. The molecule has 0 radical (unpaired) electrons. The first-order chi connectivity index (χ1) is 5.84. The number of hydrogen-bond acceptors (Lipinski definition) is 2. The number of hydrogen-bond donors (Lipinski definition) is 1. The summed E-state index contributed by atoms with van der Waals surface area (Å²) in [6.07, 6.45) is 8.48. The van der Waals surface area contributed by atoms with Crippen LogP contribution in [-0.4, -0.2) is 31.1 Å². The molecule has 0 aromatic heterocycles. The van der Waals surface area contributed by atoms with Crippen LogP contribution in [0.15, 0.2) is 0 Å². The van der Waals surface area contributed by atoms with Gasteiger partial charge in [-0.15, -0.1) is 0 Å². The number of nitrogens with zero attached hydrogens (tertiary/aromatic N) is 1. The van der Waals surface area contributed by atoms with Crippen LogP contribution in [0.2, 0.25) is 0 Å². The SMILES string of the molecule is CN(CCN)C1CCCCCC1. The van der Waals surface area contributed by atoms with Crippen LogP contribution in [0.25, 0.3) is 0 Å². The highest BCUT2D eigenvalue weighted by atomic mass is 15.1. The van der Waals surface area contributed by atoms with E-state index in [0.29, 0.717) is 0 Å². The average Bonchev–Trinajstić information content (AvgIpc) is 2.32. The van der Waals surface area contributed by atoms with Crippen molar-refractivity contribution < 1.29 is 0 Å². The van der Waals surface area contributed by atoms with Gasteiger partial charge in [-0.05, 0) is 19.9 Å². The molecule has 0 aromatic rings. The minimum atomic E-state index is 0.799. The second-order valence-electron chi connectivity index (χ2n) is 3.91. The lowest BCUT2D eigenvalue weighted by molar-refractivity contribution is 0.227. The molecule has 0 spiro atoms. The minimum absolute atomic E-state index is 0.799. The highest BCUT2D eigenvalue weighted by Gasteiger charge is 2.15. The highest BCUT2D eigenvalue weighted by molar-refractivity contribution is 4.72. The van der Waals surface area contributed by atoms with Gasteiger partial charge in [-0.25, -0.2) is 0 Å². The molecule has 2 heteroatoms. The molecule has 12 heavy (non-hydrogen) atoms.